The highest BCUT2D eigenvalue weighted by molar-refractivity contribution is 5.20. The van der Waals surface area contributed by atoms with Gasteiger partial charge in [0.05, 0.1) is 12.7 Å². The van der Waals surface area contributed by atoms with Crippen LogP contribution in [0.25, 0.3) is 0 Å². The van der Waals surface area contributed by atoms with Crippen molar-refractivity contribution in [2.75, 3.05) is 6.61 Å². The second-order valence-electron chi connectivity index (χ2n) is 5.14. The van der Waals surface area contributed by atoms with E-state index >= 15 is 0 Å². The van der Waals surface area contributed by atoms with Crippen molar-refractivity contribution < 1.29 is 4.74 Å². The van der Waals surface area contributed by atoms with Gasteiger partial charge in [0.2, 0.25) is 0 Å². The minimum Gasteiger partial charge on any atom is -0.373 e. The van der Waals surface area contributed by atoms with Crippen molar-refractivity contribution in [2.24, 2.45) is 11.3 Å². The van der Waals surface area contributed by atoms with Crippen LogP contribution in [-0.4, -0.2) is 6.61 Å². The third-order valence-corrected chi connectivity index (χ3v) is 3.06. The van der Waals surface area contributed by atoms with E-state index in [0.29, 0.717) is 17.4 Å². The van der Waals surface area contributed by atoms with Gasteiger partial charge in [-0.25, -0.2) is 0 Å². The fraction of sp³-hybridized carbons (Fsp3) is 0.538. The molecule has 1 aromatic carbocycles. The quantitative estimate of drug-likeness (QED) is 0.659. The summed E-state index contributed by atoms with van der Waals surface area (Å²) in [5, 5.41) is 0. The van der Waals surface area contributed by atoms with Crippen LogP contribution in [0.1, 0.15) is 32.4 Å². The molecule has 0 aliphatic carbocycles. The van der Waals surface area contributed by atoms with Crippen LogP contribution in [0.2, 0.25) is 0 Å². The predicted molar refractivity (Wildman–Crippen MR) is 58.1 cm³/mol. The second kappa shape index (κ2) is 3.39. The van der Waals surface area contributed by atoms with Crippen LogP contribution in [-0.2, 0) is 4.74 Å². The van der Waals surface area contributed by atoms with Crippen molar-refractivity contribution in [1.82, 2.24) is 0 Å². The molecule has 0 N–H and O–H groups in total. The van der Waals surface area contributed by atoms with Gasteiger partial charge in [-0.05, 0) is 11.0 Å². The smallest absolute Gasteiger partial charge is 0.0880 e. The SMILES string of the molecule is CC(C)(C)C1COC1c1ccccc1. The van der Waals surface area contributed by atoms with Gasteiger partial charge in [-0.1, -0.05) is 51.1 Å². The van der Waals surface area contributed by atoms with E-state index in [2.05, 4.69) is 45.0 Å². The summed E-state index contributed by atoms with van der Waals surface area (Å²) >= 11 is 0. The summed E-state index contributed by atoms with van der Waals surface area (Å²) in [5.41, 5.74) is 1.66. The van der Waals surface area contributed by atoms with Crippen molar-refractivity contribution >= 4 is 0 Å². The Morgan fingerprint density at radius 3 is 2.21 bits per heavy atom. The molecule has 1 heterocycles. The molecule has 1 aliphatic rings. The summed E-state index contributed by atoms with van der Waals surface area (Å²) in [5.74, 6) is 0.657. The van der Waals surface area contributed by atoms with Crippen molar-refractivity contribution in [1.29, 1.82) is 0 Å². The van der Waals surface area contributed by atoms with E-state index in [1.165, 1.54) is 5.56 Å². The monoisotopic (exact) mass is 190 g/mol. The van der Waals surface area contributed by atoms with Crippen molar-refractivity contribution in [3.05, 3.63) is 35.9 Å². The largest absolute Gasteiger partial charge is 0.373 e. The lowest BCUT2D eigenvalue weighted by Crippen LogP contribution is -2.41. The molecule has 2 unspecified atom stereocenters. The lowest BCUT2D eigenvalue weighted by Gasteiger charge is -2.45. The third-order valence-electron chi connectivity index (χ3n) is 3.06. The summed E-state index contributed by atoms with van der Waals surface area (Å²) in [6.45, 7) is 7.77. The lowest BCUT2D eigenvalue weighted by molar-refractivity contribution is -0.159. The van der Waals surface area contributed by atoms with Crippen LogP contribution >= 0.6 is 0 Å². The fourth-order valence-electron chi connectivity index (χ4n) is 1.96. The zero-order valence-corrected chi connectivity index (χ0v) is 9.16. The van der Waals surface area contributed by atoms with Gasteiger partial charge in [-0.2, -0.15) is 0 Å². The Hall–Kier alpha value is -0.820. The van der Waals surface area contributed by atoms with E-state index in [9.17, 15) is 0 Å². The molecule has 1 aromatic rings. The molecule has 0 radical (unpaired) electrons. The average Bonchev–Trinajstić information content (AvgIpc) is 2.00. The molecule has 1 nitrogen and oxygen atoms in total. The van der Waals surface area contributed by atoms with E-state index in [-0.39, 0.29) is 0 Å². The maximum Gasteiger partial charge on any atom is 0.0880 e. The second-order valence-corrected chi connectivity index (χ2v) is 5.14. The average molecular weight is 190 g/mol. The molecular weight excluding hydrogens is 172 g/mol. The zero-order chi connectivity index (χ0) is 10.2. The van der Waals surface area contributed by atoms with E-state index in [4.69, 9.17) is 4.74 Å². The molecule has 1 fully saturated rings. The van der Waals surface area contributed by atoms with Crippen molar-refractivity contribution in [3.63, 3.8) is 0 Å². The first kappa shape index (κ1) is 9.72. The summed E-state index contributed by atoms with van der Waals surface area (Å²) in [7, 11) is 0. The third kappa shape index (κ3) is 1.69. The van der Waals surface area contributed by atoms with Gasteiger partial charge in [-0.15, -0.1) is 0 Å². The first-order valence-corrected chi connectivity index (χ1v) is 5.25. The Bertz CT molecular complexity index is 297. The Balaban J connectivity index is 2.15. The molecule has 0 amide bonds. The van der Waals surface area contributed by atoms with Crippen LogP contribution in [0.15, 0.2) is 30.3 Å². The molecule has 0 aromatic heterocycles. The topological polar surface area (TPSA) is 9.23 Å². The summed E-state index contributed by atoms with van der Waals surface area (Å²) < 4.78 is 5.66. The predicted octanol–water partition coefficient (Wildman–Crippen LogP) is 3.42. The van der Waals surface area contributed by atoms with E-state index in [1.807, 2.05) is 6.07 Å². The van der Waals surface area contributed by atoms with E-state index in [1.54, 1.807) is 0 Å². The van der Waals surface area contributed by atoms with Gasteiger partial charge in [0, 0.05) is 5.92 Å². The maximum atomic E-state index is 5.66. The number of hydrogen-bond acceptors (Lipinski definition) is 1. The molecule has 2 atom stereocenters. The molecule has 14 heavy (non-hydrogen) atoms. The first-order chi connectivity index (χ1) is 6.59. The number of benzene rings is 1. The first-order valence-electron chi connectivity index (χ1n) is 5.25. The summed E-state index contributed by atoms with van der Waals surface area (Å²) in [4.78, 5) is 0. The summed E-state index contributed by atoms with van der Waals surface area (Å²) in [6, 6.07) is 10.5. The van der Waals surface area contributed by atoms with Gasteiger partial charge in [-0.3, -0.25) is 0 Å². The Morgan fingerprint density at radius 2 is 1.79 bits per heavy atom. The number of hydrogen-bond donors (Lipinski definition) is 0. The minimum atomic E-state index is 0.316. The van der Waals surface area contributed by atoms with Gasteiger partial charge >= 0.3 is 0 Å². The Labute approximate surface area is 86.1 Å². The molecule has 2 rings (SSSR count). The molecule has 1 saturated heterocycles. The highest BCUT2D eigenvalue weighted by Crippen LogP contribution is 2.45. The minimum absolute atomic E-state index is 0.316. The van der Waals surface area contributed by atoms with Crippen LogP contribution in [0.4, 0.5) is 0 Å². The molecule has 76 valence electrons. The van der Waals surface area contributed by atoms with Gasteiger partial charge < -0.3 is 4.74 Å². The Morgan fingerprint density at radius 1 is 1.14 bits per heavy atom. The molecule has 0 bridgehead atoms. The maximum absolute atomic E-state index is 5.66. The molecule has 1 heteroatoms. The molecule has 0 spiro atoms. The van der Waals surface area contributed by atoms with Gasteiger partial charge in [0.15, 0.2) is 0 Å². The lowest BCUT2D eigenvalue weighted by atomic mass is 9.73. The molecule has 0 saturated carbocycles. The normalized spacial score (nSPS) is 27.1. The van der Waals surface area contributed by atoms with Gasteiger partial charge in [0.25, 0.3) is 0 Å². The summed E-state index contributed by atoms with van der Waals surface area (Å²) in [6.07, 6.45) is 0.316. The van der Waals surface area contributed by atoms with Crippen LogP contribution < -0.4 is 0 Å². The highest BCUT2D eigenvalue weighted by Gasteiger charge is 2.41. The standard InChI is InChI=1S/C13H18O/c1-13(2,3)11-9-14-12(11)10-7-5-4-6-8-10/h4-8,11-12H,9H2,1-3H3. The highest BCUT2D eigenvalue weighted by atomic mass is 16.5. The van der Waals surface area contributed by atoms with Crippen LogP contribution in [0.3, 0.4) is 0 Å². The van der Waals surface area contributed by atoms with Crippen LogP contribution in [0.5, 0.6) is 0 Å². The van der Waals surface area contributed by atoms with Gasteiger partial charge in [0.1, 0.15) is 0 Å². The fourth-order valence-corrected chi connectivity index (χ4v) is 1.96. The van der Waals surface area contributed by atoms with Crippen LogP contribution in [0, 0.1) is 11.3 Å². The molecular formula is C13H18O. The van der Waals surface area contributed by atoms with Crippen molar-refractivity contribution in [3.8, 4) is 0 Å². The van der Waals surface area contributed by atoms with Crippen molar-refractivity contribution in [2.45, 2.75) is 26.9 Å². The number of rotatable bonds is 1. The van der Waals surface area contributed by atoms with E-state index < -0.39 is 0 Å². The Kier molecular flexibility index (Phi) is 2.36. The number of ether oxygens (including phenoxy) is 1. The molecule has 1 aliphatic heterocycles. The zero-order valence-electron chi connectivity index (χ0n) is 9.16. The van der Waals surface area contributed by atoms with E-state index in [0.717, 1.165) is 6.61 Å².